The molecule has 2 rings (SSSR count). The number of para-hydroxylation sites is 1. The van der Waals surface area contributed by atoms with Gasteiger partial charge in [-0.05, 0) is 19.1 Å². The average molecular weight is 207 g/mol. The van der Waals surface area contributed by atoms with Crippen LogP contribution in [0.3, 0.4) is 0 Å². The van der Waals surface area contributed by atoms with Gasteiger partial charge in [-0.2, -0.15) is 5.10 Å². The van der Waals surface area contributed by atoms with E-state index in [1.807, 2.05) is 48.1 Å². The monoisotopic (exact) mass is 206 g/mol. The zero-order chi connectivity index (χ0) is 9.97. The maximum atomic E-state index is 5.78. The van der Waals surface area contributed by atoms with Crippen LogP contribution in [0.4, 0.5) is 0 Å². The molecule has 2 nitrogen and oxygen atoms in total. The number of hydrogen-bond acceptors (Lipinski definition) is 1. The van der Waals surface area contributed by atoms with E-state index in [2.05, 4.69) is 5.10 Å². The quantitative estimate of drug-likeness (QED) is 0.691. The van der Waals surface area contributed by atoms with Crippen LogP contribution in [0.15, 0.2) is 36.5 Å². The second-order valence-electron chi connectivity index (χ2n) is 3.15. The molecule has 0 amide bonds. The molecule has 0 unspecified atom stereocenters. The van der Waals surface area contributed by atoms with Crippen molar-refractivity contribution in [2.75, 3.05) is 0 Å². The predicted octanol–water partition coefficient (Wildman–Crippen LogP) is 2.92. The van der Waals surface area contributed by atoms with Crippen molar-refractivity contribution in [3.8, 4) is 5.69 Å². The maximum absolute atomic E-state index is 5.78. The van der Waals surface area contributed by atoms with Gasteiger partial charge in [-0.3, -0.25) is 0 Å². The van der Waals surface area contributed by atoms with Gasteiger partial charge in [-0.1, -0.05) is 18.2 Å². The molecule has 0 radical (unpaired) electrons. The number of hydrogen-bond donors (Lipinski definition) is 0. The summed E-state index contributed by atoms with van der Waals surface area (Å²) in [6.45, 7) is 1.97. The lowest BCUT2D eigenvalue weighted by molar-refractivity contribution is 0.863. The van der Waals surface area contributed by atoms with Crippen molar-refractivity contribution in [3.63, 3.8) is 0 Å². The standard InChI is InChI=1S/C11H11ClN2/c1-9-10(7-12)8-14(13-9)11-5-3-2-4-6-11/h2-6,8H,7H2,1H3. The number of benzene rings is 1. The van der Waals surface area contributed by atoms with Gasteiger partial charge in [0.05, 0.1) is 17.3 Å². The van der Waals surface area contributed by atoms with Crippen molar-refractivity contribution in [2.24, 2.45) is 0 Å². The van der Waals surface area contributed by atoms with E-state index in [0.717, 1.165) is 16.9 Å². The molecule has 0 N–H and O–H groups in total. The Morgan fingerprint density at radius 3 is 2.57 bits per heavy atom. The predicted molar refractivity (Wildman–Crippen MR) is 57.9 cm³/mol. The van der Waals surface area contributed by atoms with Gasteiger partial charge in [0.1, 0.15) is 0 Å². The highest BCUT2D eigenvalue weighted by atomic mass is 35.5. The third-order valence-corrected chi connectivity index (χ3v) is 2.45. The van der Waals surface area contributed by atoms with E-state index in [-0.39, 0.29) is 0 Å². The fourth-order valence-corrected chi connectivity index (χ4v) is 1.60. The molecule has 0 atom stereocenters. The fourth-order valence-electron chi connectivity index (χ4n) is 1.34. The summed E-state index contributed by atoms with van der Waals surface area (Å²) >= 11 is 5.78. The molecule has 2 aromatic rings. The van der Waals surface area contributed by atoms with Gasteiger partial charge in [-0.25, -0.2) is 4.68 Å². The molecule has 1 aromatic carbocycles. The molecule has 0 bridgehead atoms. The van der Waals surface area contributed by atoms with Crippen LogP contribution in [0.2, 0.25) is 0 Å². The second-order valence-corrected chi connectivity index (χ2v) is 3.42. The lowest BCUT2D eigenvalue weighted by Gasteiger charge is -1.98. The Labute approximate surface area is 88.1 Å². The largest absolute Gasteiger partial charge is 0.240 e. The van der Waals surface area contributed by atoms with E-state index in [4.69, 9.17) is 11.6 Å². The van der Waals surface area contributed by atoms with E-state index in [9.17, 15) is 0 Å². The molecule has 0 saturated heterocycles. The second kappa shape index (κ2) is 3.84. The minimum Gasteiger partial charge on any atom is -0.240 e. The van der Waals surface area contributed by atoms with Crippen LogP contribution in [-0.4, -0.2) is 9.78 Å². The molecular weight excluding hydrogens is 196 g/mol. The SMILES string of the molecule is Cc1nn(-c2ccccc2)cc1CCl. The van der Waals surface area contributed by atoms with Gasteiger partial charge in [0.2, 0.25) is 0 Å². The summed E-state index contributed by atoms with van der Waals surface area (Å²) in [5.41, 5.74) is 3.13. The Morgan fingerprint density at radius 1 is 1.29 bits per heavy atom. The summed E-state index contributed by atoms with van der Waals surface area (Å²) in [5.74, 6) is 0.513. The van der Waals surface area contributed by atoms with Crippen molar-refractivity contribution >= 4 is 11.6 Å². The molecule has 1 heterocycles. The Balaban J connectivity index is 2.43. The van der Waals surface area contributed by atoms with Crippen molar-refractivity contribution in [3.05, 3.63) is 47.8 Å². The number of rotatable bonds is 2. The van der Waals surface area contributed by atoms with Crippen LogP contribution in [0.25, 0.3) is 5.69 Å². The third-order valence-electron chi connectivity index (χ3n) is 2.17. The molecule has 0 aliphatic heterocycles. The highest BCUT2D eigenvalue weighted by molar-refractivity contribution is 6.17. The molecule has 72 valence electrons. The van der Waals surface area contributed by atoms with Gasteiger partial charge in [-0.15, -0.1) is 11.6 Å². The minimum atomic E-state index is 0.513. The van der Waals surface area contributed by atoms with Crippen LogP contribution < -0.4 is 0 Å². The number of aryl methyl sites for hydroxylation is 1. The smallest absolute Gasteiger partial charge is 0.0645 e. The van der Waals surface area contributed by atoms with Gasteiger partial charge >= 0.3 is 0 Å². The minimum absolute atomic E-state index is 0.513. The summed E-state index contributed by atoms with van der Waals surface area (Å²) in [6.07, 6.45) is 1.97. The molecule has 0 aliphatic carbocycles. The maximum Gasteiger partial charge on any atom is 0.0645 e. The van der Waals surface area contributed by atoms with Crippen molar-refractivity contribution in [1.82, 2.24) is 9.78 Å². The van der Waals surface area contributed by atoms with Crippen molar-refractivity contribution < 1.29 is 0 Å². The first-order valence-corrected chi connectivity index (χ1v) is 5.01. The fraction of sp³-hybridized carbons (Fsp3) is 0.182. The van der Waals surface area contributed by atoms with E-state index in [1.54, 1.807) is 0 Å². The van der Waals surface area contributed by atoms with E-state index >= 15 is 0 Å². The molecule has 1 aromatic heterocycles. The van der Waals surface area contributed by atoms with Crippen molar-refractivity contribution in [1.29, 1.82) is 0 Å². The number of halogens is 1. The Morgan fingerprint density at radius 2 is 2.00 bits per heavy atom. The zero-order valence-corrected chi connectivity index (χ0v) is 8.70. The first-order chi connectivity index (χ1) is 6.81. The van der Waals surface area contributed by atoms with Crippen LogP contribution in [0, 0.1) is 6.92 Å². The Kier molecular flexibility index (Phi) is 2.55. The summed E-state index contributed by atoms with van der Waals surface area (Å²) in [7, 11) is 0. The summed E-state index contributed by atoms with van der Waals surface area (Å²) in [6, 6.07) is 10.0. The van der Waals surface area contributed by atoms with Gasteiger partial charge in [0, 0.05) is 11.8 Å². The summed E-state index contributed by atoms with van der Waals surface area (Å²) < 4.78 is 1.85. The normalized spacial score (nSPS) is 10.4. The topological polar surface area (TPSA) is 17.8 Å². The van der Waals surface area contributed by atoms with Crippen LogP contribution in [-0.2, 0) is 5.88 Å². The highest BCUT2D eigenvalue weighted by Gasteiger charge is 2.03. The number of nitrogens with zero attached hydrogens (tertiary/aromatic N) is 2. The average Bonchev–Trinajstić information content (AvgIpc) is 2.61. The Hall–Kier alpha value is -1.28. The first kappa shape index (κ1) is 9.28. The molecule has 0 spiro atoms. The number of alkyl halides is 1. The summed E-state index contributed by atoms with van der Waals surface area (Å²) in [4.78, 5) is 0. The first-order valence-electron chi connectivity index (χ1n) is 4.48. The lowest BCUT2D eigenvalue weighted by Crippen LogP contribution is -1.93. The van der Waals surface area contributed by atoms with E-state index in [0.29, 0.717) is 5.88 Å². The third kappa shape index (κ3) is 1.66. The molecule has 14 heavy (non-hydrogen) atoms. The molecule has 0 saturated carbocycles. The van der Waals surface area contributed by atoms with Crippen LogP contribution >= 0.6 is 11.6 Å². The molecule has 0 aliphatic rings. The van der Waals surface area contributed by atoms with Gasteiger partial charge < -0.3 is 0 Å². The Bertz CT molecular complexity index is 420. The summed E-state index contributed by atoms with van der Waals surface area (Å²) in [5, 5.41) is 4.38. The lowest BCUT2D eigenvalue weighted by atomic mass is 10.3. The van der Waals surface area contributed by atoms with Crippen LogP contribution in [0.5, 0.6) is 0 Å². The zero-order valence-electron chi connectivity index (χ0n) is 7.94. The van der Waals surface area contributed by atoms with E-state index < -0.39 is 0 Å². The highest BCUT2D eigenvalue weighted by Crippen LogP contribution is 2.12. The molecular formula is C11H11ClN2. The van der Waals surface area contributed by atoms with Crippen LogP contribution in [0.1, 0.15) is 11.3 Å². The number of aromatic nitrogens is 2. The van der Waals surface area contributed by atoms with E-state index in [1.165, 1.54) is 0 Å². The molecule has 0 fully saturated rings. The van der Waals surface area contributed by atoms with Crippen molar-refractivity contribution in [2.45, 2.75) is 12.8 Å². The van der Waals surface area contributed by atoms with Gasteiger partial charge in [0.25, 0.3) is 0 Å². The molecule has 3 heteroatoms. The van der Waals surface area contributed by atoms with Gasteiger partial charge in [0.15, 0.2) is 0 Å².